The van der Waals surface area contributed by atoms with Crippen LogP contribution in [0.25, 0.3) is 0 Å². The molecule has 0 heterocycles. The van der Waals surface area contributed by atoms with Crippen molar-refractivity contribution in [1.29, 1.82) is 0 Å². The van der Waals surface area contributed by atoms with Crippen LogP contribution in [0.1, 0.15) is 5.56 Å². The van der Waals surface area contributed by atoms with Crippen molar-refractivity contribution in [1.82, 2.24) is 4.90 Å². The van der Waals surface area contributed by atoms with E-state index >= 15 is 0 Å². The minimum Gasteiger partial charge on any atom is -0.482 e. The van der Waals surface area contributed by atoms with Crippen LogP contribution in [0.3, 0.4) is 0 Å². The predicted octanol–water partition coefficient (Wildman–Crippen LogP) is 1.04. The van der Waals surface area contributed by atoms with Crippen molar-refractivity contribution in [3.05, 3.63) is 23.8 Å². The molecule has 4 nitrogen and oxygen atoms in total. The van der Waals surface area contributed by atoms with E-state index in [1.54, 1.807) is 20.2 Å². The second-order valence-corrected chi connectivity index (χ2v) is 3.62. The Hall–Kier alpha value is -1.71. The third-order valence-corrected chi connectivity index (χ3v) is 2.02. The molecule has 1 aromatic rings. The number of amides is 1. The Morgan fingerprint density at radius 3 is 2.67 bits per heavy atom. The SMILES string of the molecule is Cc1ccc(OCC(=O)N(C)C)c(N)c1. The Labute approximate surface area is 89.6 Å². The van der Waals surface area contributed by atoms with Crippen LogP contribution in [0.15, 0.2) is 18.2 Å². The zero-order valence-electron chi connectivity index (χ0n) is 9.28. The molecular weight excluding hydrogens is 192 g/mol. The summed E-state index contributed by atoms with van der Waals surface area (Å²) < 4.78 is 5.30. The van der Waals surface area contributed by atoms with Crippen LogP contribution in [0, 0.1) is 6.92 Å². The molecule has 15 heavy (non-hydrogen) atoms. The predicted molar refractivity (Wildman–Crippen MR) is 59.8 cm³/mol. The van der Waals surface area contributed by atoms with E-state index in [0.717, 1.165) is 5.56 Å². The van der Waals surface area contributed by atoms with Gasteiger partial charge in [0, 0.05) is 14.1 Å². The van der Waals surface area contributed by atoms with Crippen molar-refractivity contribution in [3.8, 4) is 5.75 Å². The molecule has 0 fully saturated rings. The maximum atomic E-state index is 11.3. The number of hydrogen-bond acceptors (Lipinski definition) is 3. The quantitative estimate of drug-likeness (QED) is 0.755. The van der Waals surface area contributed by atoms with Gasteiger partial charge in [-0.05, 0) is 24.6 Å². The van der Waals surface area contributed by atoms with Crippen molar-refractivity contribution >= 4 is 11.6 Å². The molecule has 0 spiro atoms. The van der Waals surface area contributed by atoms with Crippen LogP contribution < -0.4 is 10.5 Å². The van der Waals surface area contributed by atoms with E-state index in [2.05, 4.69) is 0 Å². The summed E-state index contributed by atoms with van der Waals surface area (Å²) >= 11 is 0. The van der Waals surface area contributed by atoms with Gasteiger partial charge in [-0.25, -0.2) is 0 Å². The van der Waals surface area contributed by atoms with E-state index in [4.69, 9.17) is 10.5 Å². The Kier molecular flexibility index (Phi) is 3.55. The van der Waals surface area contributed by atoms with Crippen molar-refractivity contribution in [2.45, 2.75) is 6.92 Å². The summed E-state index contributed by atoms with van der Waals surface area (Å²) in [5.41, 5.74) is 7.36. The number of ether oxygens (including phenoxy) is 1. The number of carbonyl (C=O) groups excluding carboxylic acids is 1. The summed E-state index contributed by atoms with van der Waals surface area (Å²) in [5.74, 6) is 0.464. The van der Waals surface area contributed by atoms with E-state index in [9.17, 15) is 4.79 Å². The van der Waals surface area contributed by atoms with Crippen LogP contribution >= 0.6 is 0 Å². The van der Waals surface area contributed by atoms with Gasteiger partial charge in [-0.3, -0.25) is 4.79 Å². The van der Waals surface area contributed by atoms with Crippen LogP contribution in [-0.4, -0.2) is 31.5 Å². The average Bonchev–Trinajstić information content (AvgIpc) is 2.15. The highest BCUT2D eigenvalue weighted by molar-refractivity contribution is 5.77. The molecule has 0 atom stereocenters. The minimum atomic E-state index is -0.0880. The minimum absolute atomic E-state index is 0.0141. The fourth-order valence-corrected chi connectivity index (χ4v) is 1.07. The highest BCUT2D eigenvalue weighted by Crippen LogP contribution is 2.21. The van der Waals surface area contributed by atoms with Gasteiger partial charge in [0.2, 0.25) is 0 Å². The Morgan fingerprint density at radius 1 is 1.47 bits per heavy atom. The lowest BCUT2D eigenvalue weighted by Gasteiger charge is -2.12. The van der Waals surface area contributed by atoms with Gasteiger partial charge in [-0.2, -0.15) is 0 Å². The molecule has 0 aliphatic heterocycles. The Bertz CT molecular complexity index is 362. The summed E-state index contributed by atoms with van der Waals surface area (Å²) in [4.78, 5) is 12.7. The maximum absolute atomic E-state index is 11.3. The number of carbonyl (C=O) groups is 1. The highest BCUT2D eigenvalue weighted by atomic mass is 16.5. The van der Waals surface area contributed by atoms with Gasteiger partial charge in [0.05, 0.1) is 5.69 Å². The topological polar surface area (TPSA) is 55.6 Å². The number of nitrogens with zero attached hydrogens (tertiary/aromatic N) is 1. The van der Waals surface area contributed by atoms with Crippen LogP contribution in [0.2, 0.25) is 0 Å². The first-order valence-electron chi connectivity index (χ1n) is 4.70. The van der Waals surface area contributed by atoms with Crippen molar-refractivity contribution in [2.75, 3.05) is 26.4 Å². The third kappa shape index (κ3) is 3.16. The van der Waals surface area contributed by atoms with E-state index in [-0.39, 0.29) is 12.5 Å². The van der Waals surface area contributed by atoms with Gasteiger partial charge >= 0.3 is 0 Å². The number of hydrogen-bond donors (Lipinski definition) is 1. The number of nitrogen functional groups attached to an aromatic ring is 1. The second kappa shape index (κ2) is 4.68. The molecule has 1 amide bonds. The molecule has 0 aliphatic rings. The van der Waals surface area contributed by atoms with E-state index < -0.39 is 0 Å². The summed E-state index contributed by atoms with van der Waals surface area (Å²) in [5, 5.41) is 0. The smallest absolute Gasteiger partial charge is 0.259 e. The molecule has 1 rings (SSSR count). The zero-order chi connectivity index (χ0) is 11.4. The molecule has 0 aromatic heterocycles. The normalized spacial score (nSPS) is 9.80. The first-order chi connectivity index (χ1) is 7.00. The first-order valence-corrected chi connectivity index (χ1v) is 4.70. The molecule has 2 N–H and O–H groups in total. The molecule has 0 unspecified atom stereocenters. The number of anilines is 1. The Balaban J connectivity index is 2.62. The fraction of sp³-hybridized carbons (Fsp3) is 0.364. The lowest BCUT2D eigenvalue weighted by Crippen LogP contribution is -2.27. The zero-order valence-corrected chi connectivity index (χ0v) is 9.28. The van der Waals surface area contributed by atoms with E-state index in [0.29, 0.717) is 11.4 Å². The largest absolute Gasteiger partial charge is 0.482 e. The Morgan fingerprint density at radius 2 is 2.13 bits per heavy atom. The molecule has 0 bridgehead atoms. The molecule has 0 aliphatic carbocycles. The molecule has 82 valence electrons. The maximum Gasteiger partial charge on any atom is 0.259 e. The highest BCUT2D eigenvalue weighted by Gasteiger charge is 2.06. The van der Waals surface area contributed by atoms with Crippen molar-refractivity contribution in [3.63, 3.8) is 0 Å². The van der Waals surface area contributed by atoms with Crippen molar-refractivity contribution < 1.29 is 9.53 Å². The number of nitrogens with two attached hydrogens (primary N) is 1. The second-order valence-electron chi connectivity index (χ2n) is 3.62. The van der Waals surface area contributed by atoms with Crippen LogP contribution in [0.4, 0.5) is 5.69 Å². The lowest BCUT2D eigenvalue weighted by molar-refractivity contribution is -0.130. The van der Waals surface area contributed by atoms with Crippen LogP contribution in [-0.2, 0) is 4.79 Å². The van der Waals surface area contributed by atoms with Crippen molar-refractivity contribution in [2.24, 2.45) is 0 Å². The van der Waals surface area contributed by atoms with Gasteiger partial charge in [0.25, 0.3) is 5.91 Å². The lowest BCUT2D eigenvalue weighted by atomic mass is 10.2. The summed E-state index contributed by atoms with van der Waals surface area (Å²) in [6.07, 6.45) is 0. The average molecular weight is 208 g/mol. The first kappa shape index (κ1) is 11.4. The van der Waals surface area contributed by atoms with Gasteiger partial charge < -0.3 is 15.4 Å². The van der Waals surface area contributed by atoms with Gasteiger partial charge in [0.1, 0.15) is 5.75 Å². The van der Waals surface area contributed by atoms with Gasteiger partial charge in [0.15, 0.2) is 6.61 Å². The van der Waals surface area contributed by atoms with Gasteiger partial charge in [-0.1, -0.05) is 6.07 Å². The molecule has 1 aromatic carbocycles. The number of likely N-dealkylation sites (N-methyl/N-ethyl adjacent to an activating group) is 1. The number of aryl methyl sites for hydroxylation is 1. The number of benzene rings is 1. The third-order valence-electron chi connectivity index (χ3n) is 2.02. The van der Waals surface area contributed by atoms with E-state index in [1.165, 1.54) is 4.90 Å². The fourth-order valence-electron chi connectivity index (χ4n) is 1.07. The summed E-state index contributed by atoms with van der Waals surface area (Å²) in [6, 6.07) is 5.48. The summed E-state index contributed by atoms with van der Waals surface area (Å²) in [7, 11) is 3.37. The molecule has 0 radical (unpaired) electrons. The standard InChI is InChI=1S/C11H16N2O2/c1-8-4-5-10(9(12)6-8)15-7-11(14)13(2)3/h4-6H,7,12H2,1-3H3. The van der Waals surface area contributed by atoms with Gasteiger partial charge in [-0.15, -0.1) is 0 Å². The monoisotopic (exact) mass is 208 g/mol. The molecule has 0 saturated carbocycles. The summed E-state index contributed by atoms with van der Waals surface area (Å²) in [6.45, 7) is 1.96. The van der Waals surface area contributed by atoms with Crippen LogP contribution in [0.5, 0.6) is 5.75 Å². The molecule has 0 saturated heterocycles. The molecular formula is C11H16N2O2. The number of rotatable bonds is 3. The van der Waals surface area contributed by atoms with E-state index in [1.807, 2.05) is 19.1 Å². The molecule has 4 heteroatoms.